The Morgan fingerprint density at radius 2 is 1.54 bits per heavy atom. The summed E-state index contributed by atoms with van der Waals surface area (Å²) in [4.78, 5) is 32.2. The van der Waals surface area contributed by atoms with Crippen molar-refractivity contribution in [3.05, 3.63) is 139 Å². The molecular weight excluding hydrogens is 534 g/mol. The molecule has 1 aliphatic rings. The summed E-state index contributed by atoms with van der Waals surface area (Å²) in [6.07, 6.45) is 4.42. The van der Waals surface area contributed by atoms with E-state index in [0.717, 1.165) is 16.7 Å². The molecule has 5 rings (SSSR count). The molecule has 2 heterocycles. The third-order valence-corrected chi connectivity index (χ3v) is 8.69. The number of likely N-dealkylation sites (tertiary alicyclic amines) is 1. The van der Waals surface area contributed by atoms with Gasteiger partial charge in [-0.2, -0.15) is 10.1 Å². The SMILES string of the molecule is C=CCOC(=O)N1C[C@@H](SC(c2ccccc2)(c2ccccc2)c2ccccc2)C[C@H]1C(=O)N=C(N)n1cccn1. The molecule has 2 amide bonds. The zero-order valence-electron chi connectivity index (χ0n) is 22.5. The first-order chi connectivity index (χ1) is 20.0. The number of carbonyl (C=O) groups excluding carboxylic acids is 2. The summed E-state index contributed by atoms with van der Waals surface area (Å²) in [6.45, 7) is 3.96. The minimum absolute atomic E-state index is 0.0364. The average Bonchev–Trinajstić information content (AvgIpc) is 3.71. The number of aromatic nitrogens is 2. The minimum atomic E-state index is -0.848. The Bertz CT molecular complexity index is 1400. The van der Waals surface area contributed by atoms with Crippen molar-refractivity contribution in [2.24, 2.45) is 10.7 Å². The largest absolute Gasteiger partial charge is 0.445 e. The molecule has 4 aromatic rings. The van der Waals surface area contributed by atoms with Crippen LogP contribution in [0.3, 0.4) is 0 Å². The summed E-state index contributed by atoms with van der Waals surface area (Å²) >= 11 is 1.72. The summed E-state index contributed by atoms with van der Waals surface area (Å²) in [7, 11) is 0. The van der Waals surface area contributed by atoms with E-state index in [1.807, 2.05) is 54.6 Å². The van der Waals surface area contributed by atoms with Gasteiger partial charge in [-0.05, 0) is 29.2 Å². The predicted octanol–water partition coefficient (Wildman–Crippen LogP) is 5.06. The number of carbonyl (C=O) groups is 2. The van der Waals surface area contributed by atoms with Crippen molar-refractivity contribution in [1.29, 1.82) is 0 Å². The van der Waals surface area contributed by atoms with Crippen molar-refractivity contribution < 1.29 is 14.3 Å². The number of amides is 2. The first-order valence-electron chi connectivity index (χ1n) is 13.3. The first kappa shape index (κ1) is 27.9. The summed E-state index contributed by atoms with van der Waals surface area (Å²) in [5.74, 6) is -0.593. The maximum Gasteiger partial charge on any atom is 0.410 e. The number of thioether (sulfide) groups is 1. The highest BCUT2D eigenvalue weighted by atomic mass is 32.2. The van der Waals surface area contributed by atoms with E-state index in [1.54, 1.807) is 30.2 Å². The van der Waals surface area contributed by atoms with E-state index in [-0.39, 0.29) is 17.8 Å². The van der Waals surface area contributed by atoms with Crippen molar-refractivity contribution in [3.63, 3.8) is 0 Å². The molecule has 41 heavy (non-hydrogen) atoms. The second-order valence-corrected chi connectivity index (χ2v) is 11.1. The predicted molar refractivity (Wildman–Crippen MR) is 161 cm³/mol. The maximum absolute atomic E-state index is 13.5. The van der Waals surface area contributed by atoms with Crippen molar-refractivity contribution in [2.75, 3.05) is 13.2 Å². The molecule has 9 heteroatoms. The van der Waals surface area contributed by atoms with E-state index in [0.29, 0.717) is 13.0 Å². The summed E-state index contributed by atoms with van der Waals surface area (Å²) < 4.78 is 6.07. The number of nitrogens with two attached hydrogens (primary N) is 1. The van der Waals surface area contributed by atoms with E-state index in [1.165, 1.54) is 15.7 Å². The van der Waals surface area contributed by atoms with Gasteiger partial charge < -0.3 is 10.5 Å². The lowest BCUT2D eigenvalue weighted by molar-refractivity contribution is -0.121. The zero-order valence-corrected chi connectivity index (χ0v) is 23.3. The van der Waals surface area contributed by atoms with Crippen LogP contribution >= 0.6 is 11.8 Å². The monoisotopic (exact) mass is 565 g/mol. The zero-order chi connectivity index (χ0) is 28.7. The van der Waals surface area contributed by atoms with Gasteiger partial charge in [0.05, 0.1) is 4.75 Å². The van der Waals surface area contributed by atoms with Crippen molar-refractivity contribution in [1.82, 2.24) is 14.7 Å². The molecule has 0 saturated carbocycles. The van der Waals surface area contributed by atoms with Gasteiger partial charge in [-0.15, -0.1) is 11.8 Å². The van der Waals surface area contributed by atoms with Crippen molar-refractivity contribution in [3.8, 4) is 0 Å². The summed E-state index contributed by atoms with van der Waals surface area (Å²) in [5.41, 5.74) is 9.34. The number of nitrogens with zero attached hydrogens (tertiary/aromatic N) is 4. The Labute approximate surface area is 243 Å². The van der Waals surface area contributed by atoms with E-state index >= 15 is 0 Å². The van der Waals surface area contributed by atoms with Crippen LogP contribution in [-0.4, -0.2) is 57.1 Å². The van der Waals surface area contributed by atoms with Crippen LogP contribution in [0.2, 0.25) is 0 Å². The Morgan fingerprint density at radius 1 is 0.976 bits per heavy atom. The molecule has 0 bridgehead atoms. The molecule has 1 saturated heterocycles. The molecule has 1 fully saturated rings. The fraction of sp³-hybridized carbons (Fsp3) is 0.188. The standard InChI is InChI=1S/C32H31N5O3S/c1-2-21-40-31(39)36-23-27(22-28(36)29(38)35-30(33)37-20-12-19-34-37)41-32(24-13-6-3-7-14-24,25-15-8-4-9-16-25)26-17-10-5-11-18-26/h2-20,27-28H,1,21-23H2,(H2,33,35,38)/t27-,28-/m0/s1. The van der Waals surface area contributed by atoms with Gasteiger partial charge in [0, 0.05) is 24.2 Å². The van der Waals surface area contributed by atoms with E-state index in [9.17, 15) is 9.59 Å². The van der Waals surface area contributed by atoms with Crippen LogP contribution in [0.5, 0.6) is 0 Å². The smallest absolute Gasteiger partial charge is 0.410 e. The quantitative estimate of drug-likeness (QED) is 0.139. The van der Waals surface area contributed by atoms with Gasteiger partial charge in [-0.25, -0.2) is 9.48 Å². The highest BCUT2D eigenvalue weighted by Crippen LogP contribution is 2.52. The van der Waals surface area contributed by atoms with Gasteiger partial charge in [0.1, 0.15) is 12.6 Å². The Kier molecular flexibility index (Phi) is 8.64. The van der Waals surface area contributed by atoms with E-state index < -0.39 is 22.8 Å². The lowest BCUT2D eigenvalue weighted by Crippen LogP contribution is -2.41. The number of aliphatic imine (C=N–C) groups is 1. The molecule has 208 valence electrons. The summed E-state index contributed by atoms with van der Waals surface area (Å²) in [5, 5.41) is 3.91. The second kappa shape index (κ2) is 12.7. The van der Waals surface area contributed by atoms with E-state index in [4.69, 9.17) is 10.5 Å². The molecule has 0 spiro atoms. The van der Waals surface area contributed by atoms with Crippen LogP contribution in [0.25, 0.3) is 0 Å². The number of ether oxygens (including phenoxy) is 1. The van der Waals surface area contributed by atoms with Crippen LogP contribution in [0.1, 0.15) is 23.1 Å². The highest BCUT2D eigenvalue weighted by Gasteiger charge is 2.46. The van der Waals surface area contributed by atoms with Crippen LogP contribution < -0.4 is 5.73 Å². The molecule has 2 atom stereocenters. The molecule has 3 aromatic carbocycles. The lowest BCUT2D eigenvalue weighted by atomic mass is 9.84. The van der Waals surface area contributed by atoms with Crippen LogP contribution in [0.4, 0.5) is 4.79 Å². The summed E-state index contributed by atoms with van der Waals surface area (Å²) in [6, 6.07) is 31.7. The third-order valence-electron chi connectivity index (χ3n) is 6.96. The molecule has 2 N–H and O–H groups in total. The minimum Gasteiger partial charge on any atom is -0.445 e. The van der Waals surface area contributed by atoms with Gasteiger partial charge in [0.15, 0.2) is 0 Å². The first-order valence-corrected chi connectivity index (χ1v) is 14.2. The fourth-order valence-corrected chi connectivity index (χ4v) is 6.98. The highest BCUT2D eigenvalue weighted by molar-refractivity contribution is 8.01. The molecule has 0 unspecified atom stereocenters. The Balaban J connectivity index is 1.55. The van der Waals surface area contributed by atoms with Gasteiger partial charge in [0.2, 0.25) is 5.96 Å². The number of benzene rings is 3. The maximum atomic E-state index is 13.5. The van der Waals surface area contributed by atoms with Crippen molar-refractivity contribution >= 4 is 29.7 Å². The molecule has 1 aromatic heterocycles. The molecule has 0 aliphatic carbocycles. The molecular formula is C32H31N5O3S. The normalized spacial score (nSPS) is 17.3. The molecule has 1 aliphatic heterocycles. The van der Waals surface area contributed by atoms with Crippen LogP contribution in [-0.2, 0) is 14.3 Å². The Hall–Kier alpha value is -4.63. The van der Waals surface area contributed by atoms with E-state index in [2.05, 4.69) is 53.1 Å². The van der Waals surface area contributed by atoms with Crippen LogP contribution in [0, 0.1) is 0 Å². The van der Waals surface area contributed by atoms with Gasteiger partial charge in [0.25, 0.3) is 5.91 Å². The number of rotatable bonds is 8. The number of hydrogen-bond acceptors (Lipinski definition) is 5. The third kappa shape index (κ3) is 5.95. The van der Waals surface area contributed by atoms with Gasteiger partial charge in [-0.3, -0.25) is 9.69 Å². The average molecular weight is 566 g/mol. The number of hydrogen-bond donors (Lipinski definition) is 1. The van der Waals surface area contributed by atoms with Crippen LogP contribution in [0.15, 0.2) is 127 Å². The fourth-order valence-electron chi connectivity index (χ4n) is 5.15. The molecule has 8 nitrogen and oxygen atoms in total. The topological polar surface area (TPSA) is 103 Å². The lowest BCUT2D eigenvalue weighted by Gasteiger charge is -2.37. The van der Waals surface area contributed by atoms with Crippen molar-refractivity contribution in [2.45, 2.75) is 22.5 Å². The Morgan fingerprint density at radius 3 is 2.02 bits per heavy atom. The van der Waals surface area contributed by atoms with Gasteiger partial charge in [-0.1, -0.05) is 104 Å². The van der Waals surface area contributed by atoms with Gasteiger partial charge >= 0.3 is 6.09 Å². The second-order valence-electron chi connectivity index (χ2n) is 9.55. The molecule has 0 radical (unpaired) electrons.